The molecule has 0 bridgehead atoms. The van der Waals surface area contributed by atoms with Gasteiger partial charge in [-0.25, -0.2) is 0 Å². The zero-order chi connectivity index (χ0) is 19.6. The molecule has 0 saturated carbocycles. The van der Waals surface area contributed by atoms with E-state index >= 15 is 0 Å². The molecule has 0 unspecified atom stereocenters. The van der Waals surface area contributed by atoms with Crippen LogP contribution >= 0.6 is 0 Å². The number of nitrogens with two attached hydrogens (primary N) is 1. The van der Waals surface area contributed by atoms with Gasteiger partial charge in [0.15, 0.2) is 0 Å². The van der Waals surface area contributed by atoms with Crippen LogP contribution in [0.15, 0.2) is 23.1 Å². The fraction of sp³-hybridized carbons (Fsp3) is 0.650. The standard InChI is InChI=1S/C20H30N4O3/c1-14(25)24-12-17(3-4-18(21)13-24)20(27)23-9-6-15(7-10-23)16-5-8-22(2)19(26)11-16/h5,8,11,15,17-18H,3-4,6-7,9-10,12-13,21H2,1-2H3/t17-,18+/m1/s1. The van der Waals surface area contributed by atoms with Gasteiger partial charge in [-0.1, -0.05) is 0 Å². The zero-order valence-corrected chi connectivity index (χ0v) is 16.3. The lowest BCUT2D eigenvalue weighted by Gasteiger charge is -2.35. The molecule has 0 aromatic carbocycles. The Balaban J connectivity index is 1.61. The number of amides is 2. The second kappa shape index (κ2) is 8.25. The van der Waals surface area contributed by atoms with Gasteiger partial charge in [0.1, 0.15) is 0 Å². The summed E-state index contributed by atoms with van der Waals surface area (Å²) in [6, 6.07) is 3.65. The highest BCUT2D eigenvalue weighted by molar-refractivity contribution is 5.80. The monoisotopic (exact) mass is 374 g/mol. The molecule has 2 N–H and O–H groups in total. The first-order valence-electron chi connectivity index (χ1n) is 9.81. The highest BCUT2D eigenvalue weighted by Gasteiger charge is 2.33. The second-order valence-corrected chi connectivity index (χ2v) is 7.97. The summed E-state index contributed by atoms with van der Waals surface area (Å²) in [7, 11) is 1.75. The van der Waals surface area contributed by atoms with Crippen molar-refractivity contribution in [1.29, 1.82) is 0 Å². The van der Waals surface area contributed by atoms with Gasteiger partial charge in [0.2, 0.25) is 11.8 Å². The summed E-state index contributed by atoms with van der Waals surface area (Å²) >= 11 is 0. The van der Waals surface area contributed by atoms with Crippen LogP contribution in [0.5, 0.6) is 0 Å². The molecule has 3 rings (SSSR count). The fourth-order valence-corrected chi connectivity index (χ4v) is 4.19. The van der Waals surface area contributed by atoms with Crippen LogP contribution in [0, 0.1) is 5.92 Å². The third-order valence-electron chi connectivity index (χ3n) is 5.98. The molecule has 2 atom stereocenters. The number of nitrogens with zero attached hydrogens (tertiary/aromatic N) is 3. The maximum atomic E-state index is 13.0. The predicted molar refractivity (Wildman–Crippen MR) is 103 cm³/mol. The van der Waals surface area contributed by atoms with Crippen molar-refractivity contribution in [3.05, 3.63) is 34.2 Å². The number of carbonyl (C=O) groups excluding carboxylic acids is 2. The Morgan fingerprint density at radius 3 is 2.41 bits per heavy atom. The number of aromatic nitrogens is 1. The van der Waals surface area contributed by atoms with Gasteiger partial charge < -0.3 is 20.1 Å². The maximum Gasteiger partial charge on any atom is 0.250 e. The van der Waals surface area contributed by atoms with Gasteiger partial charge in [-0.3, -0.25) is 14.4 Å². The number of carbonyl (C=O) groups is 2. The number of likely N-dealkylation sites (tertiary alicyclic amines) is 2. The van der Waals surface area contributed by atoms with Crippen LogP contribution in [0.2, 0.25) is 0 Å². The topological polar surface area (TPSA) is 88.6 Å². The minimum absolute atomic E-state index is 0.00474. The number of hydrogen-bond donors (Lipinski definition) is 1. The maximum absolute atomic E-state index is 13.0. The van der Waals surface area contributed by atoms with E-state index in [1.807, 2.05) is 11.0 Å². The van der Waals surface area contributed by atoms with Crippen molar-refractivity contribution in [2.45, 2.75) is 44.6 Å². The molecule has 0 radical (unpaired) electrons. The molecule has 7 nitrogen and oxygen atoms in total. The lowest BCUT2D eigenvalue weighted by Crippen LogP contribution is -2.45. The second-order valence-electron chi connectivity index (χ2n) is 7.97. The van der Waals surface area contributed by atoms with Crippen molar-refractivity contribution < 1.29 is 9.59 Å². The van der Waals surface area contributed by atoms with Crippen molar-refractivity contribution >= 4 is 11.8 Å². The molecule has 1 aromatic rings. The molecule has 148 valence electrons. The van der Waals surface area contributed by atoms with Gasteiger partial charge in [0.05, 0.1) is 5.92 Å². The molecule has 2 amide bonds. The molecule has 0 spiro atoms. The van der Waals surface area contributed by atoms with Gasteiger partial charge in [0, 0.05) is 58.5 Å². The third kappa shape index (κ3) is 4.58. The normalized spacial score (nSPS) is 24.6. The number of rotatable bonds is 2. The highest BCUT2D eigenvalue weighted by atomic mass is 16.2. The van der Waals surface area contributed by atoms with Gasteiger partial charge in [-0.2, -0.15) is 0 Å². The summed E-state index contributed by atoms with van der Waals surface area (Å²) in [6.07, 6.45) is 5.03. The van der Waals surface area contributed by atoms with E-state index in [2.05, 4.69) is 0 Å². The van der Waals surface area contributed by atoms with Gasteiger partial charge >= 0.3 is 0 Å². The van der Waals surface area contributed by atoms with Crippen LogP contribution in [-0.2, 0) is 16.6 Å². The van der Waals surface area contributed by atoms with Crippen molar-refractivity contribution in [2.75, 3.05) is 26.2 Å². The van der Waals surface area contributed by atoms with Crippen LogP contribution in [0.4, 0.5) is 0 Å². The Hall–Kier alpha value is -2.15. The molecule has 0 aliphatic carbocycles. The largest absolute Gasteiger partial charge is 0.342 e. The van der Waals surface area contributed by atoms with E-state index in [-0.39, 0.29) is 29.3 Å². The van der Waals surface area contributed by atoms with Crippen LogP contribution < -0.4 is 11.3 Å². The Labute approximate surface area is 160 Å². The minimum atomic E-state index is -0.164. The summed E-state index contributed by atoms with van der Waals surface area (Å²) in [5, 5.41) is 0. The Bertz CT molecular complexity index is 752. The number of aryl methyl sites for hydroxylation is 1. The van der Waals surface area contributed by atoms with E-state index in [1.54, 1.807) is 28.8 Å². The molecular weight excluding hydrogens is 344 g/mol. The molecule has 2 aliphatic heterocycles. The average Bonchev–Trinajstić information content (AvgIpc) is 2.85. The average molecular weight is 374 g/mol. The minimum Gasteiger partial charge on any atom is -0.342 e. The first kappa shape index (κ1) is 19.6. The molecule has 7 heteroatoms. The molecular formula is C20H30N4O3. The fourth-order valence-electron chi connectivity index (χ4n) is 4.19. The smallest absolute Gasteiger partial charge is 0.250 e. The van der Waals surface area contributed by atoms with Crippen LogP contribution in [0.1, 0.15) is 44.1 Å². The van der Waals surface area contributed by atoms with Crippen molar-refractivity contribution in [3.8, 4) is 0 Å². The lowest BCUT2D eigenvalue weighted by molar-refractivity contribution is -0.138. The summed E-state index contributed by atoms with van der Waals surface area (Å²) in [5.74, 6) is 0.273. The van der Waals surface area contributed by atoms with Crippen LogP contribution in [-0.4, -0.2) is 58.4 Å². The summed E-state index contributed by atoms with van der Waals surface area (Å²) in [6.45, 7) is 3.93. The number of piperidine rings is 1. The van der Waals surface area contributed by atoms with E-state index in [9.17, 15) is 14.4 Å². The Morgan fingerprint density at radius 1 is 1.07 bits per heavy atom. The number of hydrogen-bond acceptors (Lipinski definition) is 4. The van der Waals surface area contributed by atoms with E-state index in [1.165, 1.54) is 6.92 Å². The SMILES string of the molecule is CC(=O)N1C[C@@H](N)CC[C@@H](C(=O)N2CCC(c3ccn(C)c(=O)c3)CC2)C1. The first-order chi connectivity index (χ1) is 12.8. The Morgan fingerprint density at radius 2 is 1.78 bits per heavy atom. The molecule has 27 heavy (non-hydrogen) atoms. The lowest BCUT2D eigenvalue weighted by atomic mass is 9.89. The first-order valence-corrected chi connectivity index (χ1v) is 9.81. The molecule has 2 fully saturated rings. The van der Waals surface area contributed by atoms with Crippen LogP contribution in [0.3, 0.4) is 0 Å². The van der Waals surface area contributed by atoms with Gasteiger partial charge in [-0.15, -0.1) is 0 Å². The quantitative estimate of drug-likeness (QED) is 0.824. The van der Waals surface area contributed by atoms with E-state index in [4.69, 9.17) is 5.73 Å². The summed E-state index contributed by atoms with van der Waals surface area (Å²) < 4.78 is 1.57. The highest BCUT2D eigenvalue weighted by Crippen LogP contribution is 2.29. The van der Waals surface area contributed by atoms with E-state index in [0.29, 0.717) is 32.1 Å². The third-order valence-corrected chi connectivity index (χ3v) is 5.98. The summed E-state index contributed by atoms with van der Waals surface area (Å²) in [5.41, 5.74) is 7.13. The van der Waals surface area contributed by atoms with Gasteiger partial charge in [0.25, 0.3) is 5.56 Å². The summed E-state index contributed by atoms with van der Waals surface area (Å²) in [4.78, 5) is 40.3. The van der Waals surface area contributed by atoms with Crippen molar-refractivity contribution in [2.24, 2.45) is 18.7 Å². The molecule has 2 saturated heterocycles. The van der Waals surface area contributed by atoms with Crippen molar-refractivity contribution in [3.63, 3.8) is 0 Å². The van der Waals surface area contributed by atoms with E-state index in [0.717, 1.165) is 31.2 Å². The molecule has 1 aromatic heterocycles. The zero-order valence-electron chi connectivity index (χ0n) is 16.3. The van der Waals surface area contributed by atoms with Gasteiger partial charge in [-0.05, 0) is 43.2 Å². The van der Waals surface area contributed by atoms with Crippen molar-refractivity contribution in [1.82, 2.24) is 14.4 Å². The molecule has 2 aliphatic rings. The molecule has 3 heterocycles. The number of pyridine rings is 1. The van der Waals surface area contributed by atoms with E-state index < -0.39 is 0 Å². The predicted octanol–water partition coefficient (Wildman–Crippen LogP) is 0.677. The van der Waals surface area contributed by atoms with Crippen LogP contribution in [0.25, 0.3) is 0 Å². The Kier molecular flexibility index (Phi) is 5.99.